The van der Waals surface area contributed by atoms with E-state index in [0.29, 0.717) is 0 Å². The monoisotopic (exact) mass is 213 g/mol. The first-order valence-corrected chi connectivity index (χ1v) is 3.00. The number of hydrogen-bond acceptors (Lipinski definition) is 5. The Balaban J connectivity index is -0.0000000600. The molecule has 0 aliphatic rings. The zero-order chi connectivity index (χ0) is 5.86. The third-order valence-electron chi connectivity index (χ3n) is 0.111. The smallest absolute Gasteiger partial charge is 0.749 e. The molecule has 0 amide bonds. The molecule has 0 aliphatic carbocycles. The van der Waals surface area contributed by atoms with Crippen molar-refractivity contribution in [1.82, 2.24) is 0 Å². The van der Waals surface area contributed by atoms with Gasteiger partial charge in [-0.2, -0.15) is 0 Å². The van der Waals surface area contributed by atoms with Crippen LogP contribution in [-0.4, -0.2) is 17.5 Å². The topological polar surface area (TPSA) is 89.5 Å². The van der Waals surface area contributed by atoms with E-state index in [1.54, 1.807) is 0 Å². The van der Waals surface area contributed by atoms with Crippen LogP contribution in [0.5, 0.6) is 0 Å². The van der Waals surface area contributed by atoms with E-state index in [2.05, 4.69) is 3.63 Å². The fourth-order valence-corrected chi connectivity index (χ4v) is 0.408. The molecule has 0 unspecified atom stereocenters. The molecule has 0 fully saturated rings. The standard InChI is InChI=1S/3Na.H2O5S2/c;;;1-6(2)5-7(3)4/h;;;(H,1,2)(H,3,4)/q3*+1;/p-2. The maximum Gasteiger partial charge on any atom is 1.00 e. The normalized spacial score (nSPS) is 13.0. The third kappa shape index (κ3) is 22.5. The van der Waals surface area contributed by atoms with Crippen molar-refractivity contribution in [2.24, 2.45) is 0 Å². The van der Waals surface area contributed by atoms with Gasteiger partial charge in [-0.15, -0.1) is 0 Å². The van der Waals surface area contributed by atoms with Crippen molar-refractivity contribution in [2.45, 2.75) is 0 Å². The minimum Gasteiger partial charge on any atom is -0.749 e. The molecule has 0 saturated heterocycles. The predicted octanol–water partition coefficient (Wildman–Crippen LogP) is -10.4. The second-order valence-corrected chi connectivity index (χ2v) is 1.84. The van der Waals surface area contributed by atoms with E-state index in [4.69, 9.17) is 0 Å². The van der Waals surface area contributed by atoms with Gasteiger partial charge in [0.05, 0.1) is 22.7 Å². The molecule has 0 rings (SSSR count). The number of hydrogen-bond donors (Lipinski definition) is 0. The molecule has 0 aromatic carbocycles. The summed E-state index contributed by atoms with van der Waals surface area (Å²) < 4.78 is 39.9. The fraction of sp³-hybridized carbons (Fsp3) is 0. The van der Waals surface area contributed by atoms with Gasteiger partial charge in [-0.1, -0.05) is 0 Å². The molecule has 0 spiro atoms. The van der Waals surface area contributed by atoms with Crippen LogP contribution in [0.4, 0.5) is 0 Å². The van der Waals surface area contributed by atoms with Gasteiger partial charge < -0.3 is 9.11 Å². The summed E-state index contributed by atoms with van der Waals surface area (Å²) in [6.45, 7) is 0. The second-order valence-electron chi connectivity index (χ2n) is 0.476. The van der Waals surface area contributed by atoms with Crippen molar-refractivity contribution < 1.29 is 110 Å². The molecular formula is Na3O5S2+. The van der Waals surface area contributed by atoms with Gasteiger partial charge in [0.1, 0.15) is 0 Å². The van der Waals surface area contributed by atoms with E-state index < -0.39 is 22.7 Å². The van der Waals surface area contributed by atoms with Gasteiger partial charge >= 0.3 is 88.7 Å². The maximum absolute atomic E-state index is 9.19. The minimum absolute atomic E-state index is 0. The molecule has 0 aromatic heterocycles. The Bertz CT molecular complexity index is 91.1. The Kier molecular flexibility index (Phi) is 34.1. The molecule has 5 nitrogen and oxygen atoms in total. The van der Waals surface area contributed by atoms with E-state index in [0.717, 1.165) is 0 Å². The summed E-state index contributed by atoms with van der Waals surface area (Å²) in [7, 11) is 0. The van der Waals surface area contributed by atoms with Crippen LogP contribution in [0.2, 0.25) is 0 Å². The predicted molar refractivity (Wildman–Crippen MR) is 18.9 cm³/mol. The molecule has 0 aromatic rings. The molecular weight excluding hydrogens is 213 g/mol. The van der Waals surface area contributed by atoms with Crippen LogP contribution >= 0.6 is 0 Å². The van der Waals surface area contributed by atoms with Crippen molar-refractivity contribution in [1.29, 1.82) is 0 Å². The summed E-state index contributed by atoms with van der Waals surface area (Å²) >= 11 is -5.92. The van der Waals surface area contributed by atoms with Gasteiger partial charge in [0, 0.05) is 0 Å². The van der Waals surface area contributed by atoms with Crippen molar-refractivity contribution >= 4 is 22.7 Å². The van der Waals surface area contributed by atoms with Crippen LogP contribution in [0.1, 0.15) is 0 Å². The van der Waals surface area contributed by atoms with Crippen LogP contribution in [0.25, 0.3) is 0 Å². The Morgan fingerprint density at radius 1 is 0.900 bits per heavy atom. The summed E-state index contributed by atoms with van der Waals surface area (Å²) in [6.07, 6.45) is 0. The van der Waals surface area contributed by atoms with Gasteiger partial charge in [-0.3, -0.25) is 0 Å². The van der Waals surface area contributed by atoms with Gasteiger partial charge in [-0.05, 0) is 0 Å². The van der Waals surface area contributed by atoms with Crippen LogP contribution in [0.15, 0.2) is 0 Å². The summed E-state index contributed by atoms with van der Waals surface area (Å²) in [5.74, 6) is 0. The molecule has 10 heavy (non-hydrogen) atoms. The van der Waals surface area contributed by atoms with Crippen LogP contribution in [-0.2, 0) is 26.4 Å². The zero-order valence-electron chi connectivity index (χ0n) is 5.86. The maximum atomic E-state index is 9.19. The SMILES string of the molecule is O=S([O-])OS(=O)[O-].[Na+].[Na+].[Na+]. The molecule has 0 bridgehead atoms. The summed E-state index contributed by atoms with van der Waals surface area (Å²) in [6, 6.07) is 0. The minimum atomic E-state index is -2.96. The molecule has 0 saturated carbocycles. The van der Waals surface area contributed by atoms with Gasteiger partial charge in [-0.25, -0.2) is 12.0 Å². The third-order valence-corrected chi connectivity index (χ3v) is 1.00. The fourth-order valence-electron chi connectivity index (χ4n) is 0.0454. The molecule has 0 atom stereocenters. The Morgan fingerprint density at radius 2 is 1.10 bits per heavy atom. The first kappa shape index (κ1) is 23.2. The van der Waals surface area contributed by atoms with Crippen LogP contribution < -0.4 is 88.7 Å². The number of rotatable bonds is 2. The van der Waals surface area contributed by atoms with E-state index in [9.17, 15) is 17.5 Å². The summed E-state index contributed by atoms with van der Waals surface area (Å²) in [4.78, 5) is 0. The summed E-state index contributed by atoms with van der Waals surface area (Å²) in [5.41, 5.74) is 0. The van der Waals surface area contributed by atoms with Gasteiger partial charge in [0.25, 0.3) is 0 Å². The van der Waals surface area contributed by atoms with Gasteiger partial charge in [0.15, 0.2) is 0 Å². The van der Waals surface area contributed by atoms with E-state index in [-0.39, 0.29) is 88.7 Å². The van der Waals surface area contributed by atoms with Gasteiger partial charge in [0.2, 0.25) is 0 Å². The second kappa shape index (κ2) is 14.7. The molecule has 10 heteroatoms. The van der Waals surface area contributed by atoms with Crippen molar-refractivity contribution in [3.63, 3.8) is 0 Å². The molecule has 0 aliphatic heterocycles. The Labute approximate surface area is 130 Å². The quantitative estimate of drug-likeness (QED) is 0.335. The average molecular weight is 213 g/mol. The van der Waals surface area contributed by atoms with E-state index in [1.807, 2.05) is 0 Å². The molecule has 0 radical (unpaired) electrons. The van der Waals surface area contributed by atoms with Crippen molar-refractivity contribution in [3.05, 3.63) is 0 Å². The van der Waals surface area contributed by atoms with Crippen LogP contribution in [0.3, 0.4) is 0 Å². The summed E-state index contributed by atoms with van der Waals surface area (Å²) in [5, 5.41) is 0. The molecule has 0 N–H and O–H groups in total. The average Bonchev–Trinajstić information content (AvgIpc) is 1.27. The zero-order valence-corrected chi connectivity index (χ0v) is 13.5. The van der Waals surface area contributed by atoms with Crippen molar-refractivity contribution in [3.8, 4) is 0 Å². The van der Waals surface area contributed by atoms with E-state index >= 15 is 0 Å². The van der Waals surface area contributed by atoms with Crippen LogP contribution in [0, 0.1) is 0 Å². The Morgan fingerprint density at radius 3 is 1.10 bits per heavy atom. The first-order chi connectivity index (χ1) is 3.13. The Hall–Kier alpha value is 3.18. The molecule has 44 valence electrons. The largest absolute Gasteiger partial charge is 1.00 e. The molecule has 0 heterocycles. The van der Waals surface area contributed by atoms with E-state index in [1.165, 1.54) is 0 Å². The first-order valence-electron chi connectivity index (χ1n) is 1.00. The van der Waals surface area contributed by atoms with Crippen molar-refractivity contribution in [2.75, 3.05) is 0 Å².